The Bertz CT molecular complexity index is 3130. The van der Waals surface area contributed by atoms with Gasteiger partial charge in [-0.3, -0.25) is 0 Å². The zero-order valence-corrected chi connectivity index (χ0v) is 28.7. The lowest BCUT2D eigenvalue weighted by Crippen LogP contribution is -2.01. The van der Waals surface area contributed by atoms with Crippen molar-refractivity contribution in [2.24, 2.45) is 0 Å². The Kier molecular flexibility index (Phi) is 7.01. The molecule has 0 spiro atoms. The van der Waals surface area contributed by atoms with Crippen LogP contribution >= 0.6 is 0 Å². The van der Waals surface area contributed by atoms with Crippen molar-refractivity contribution in [1.29, 1.82) is 0 Å². The van der Waals surface area contributed by atoms with Crippen molar-refractivity contribution < 1.29 is 29.9 Å². The first-order valence-electron chi connectivity index (χ1n) is 17.4. The average Bonchev–Trinajstić information content (AvgIpc) is 3.79. The van der Waals surface area contributed by atoms with E-state index in [0.29, 0.717) is 22.3 Å². The molecule has 0 radical (unpaired) electrons. The highest BCUT2D eigenvalue weighted by Crippen LogP contribution is 2.54. The van der Waals surface area contributed by atoms with E-state index in [1.54, 1.807) is 18.2 Å². The fourth-order valence-electron chi connectivity index (χ4n) is 7.46. The molecule has 0 fully saturated rings. The minimum atomic E-state index is -1.08. The van der Waals surface area contributed by atoms with Crippen LogP contribution in [0.15, 0.2) is 144 Å². The van der Waals surface area contributed by atoms with Gasteiger partial charge in [-0.15, -0.1) is 0 Å². The van der Waals surface area contributed by atoms with E-state index in [-0.39, 0.29) is 17.5 Å². The minimum absolute atomic E-state index is 0.131. The number of furan rings is 1. The van der Waals surface area contributed by atoms with Crippen molar-refractivity contribution in [2.75, 3.05) is 0 Å². The number of nitrogens with zero attached hydrogens (tertiary/aromatic N) is 4. The molecule has 55 heavy (non-hydrogen) atoms. The third kappa shape index (κ3) is 4.85. The first-order valence-corrected chi connectivity index (χ1v) is 17.4. The number of fused-ring (bicyclic) bond motifs is 6. The smallest absolute Gasteiger partial charge is 0.208 e. The Balaban J connectivity index is 1.22. The zero-order chi connectivity index (χ0) is 37.4. The van der Waals surface area contributed by atoms with Gasteiger partial charge in [0.15, 0.2) is 29.0 Å². The van der Waals surface area contributed by atoms with E-state index in [2.05, 4.69) is 69.1 Å². The van der Waals surface area contributed by atoms with Crippen molar-refractivity contribution in [3.8, 4) is 79.7 Å². The van der Waals surface area contributed by atoms with Crippen molar-refractivity contribution in [3.05, 3.63) is 140 Å². The second-order valence-corrected chi connectivity index (χ2v) is 13.2. The Morgan fingerprint density at radius 2 is 1.04 bits per heavy atom. The number of aromatic nitrogens is 4. The molecular formula is C45H28N4O6. The van der Waals surface area contributed by atoms with Crippen LogP contribution in [0.4, 0.5) is 0 Å². The number of rotatable bonds is 5. The fourth-order valence-corrected chi connectivity index (χ4v) is 7.46. The molecule has 0 aliphatic heterocycles. The highest BCUT2D eigenvalue weighted by atomic mass is 16.4. The molecule has 10 aromatic rings. The maximum absolute atomic E-state index is 10.9. The number of phenolic OH excluding ortho intramolecular Hbond substituents is 5. The van der Waals surface area contributed by atoms with Crippen molar-refractivity contribution in [3.63, 3.8) is 0 Å². The van der Waals surface area contributed by atoms with Crippen LogP contribution < -0.4 is 0 Å². The number of phenols is 5. The lowest BCUT2D eigenvalue weighted by Gasteiger charge is -2.13. The summed E-state index contributed by atoms with van der Waals surface area (Å²) >= 11 is 0. The number of hydrogen-bond acceptors (Lipinski definition) is 9. The molecule has 10 nitrogen and oxygen atoms in total. The summed E-state index contributed by atoms with van der Waals surface area (Å²) in [5.41, 5.74) is 6.96. The van der Waals surface area contributed by atoms with Gasteiger partial charge in [0, 0.05) is 21.7 Å². The largest absolute Gasteiger partial charge is 0.504 e. The lowest BCUT2D eigenvalue weighted by atomic mass is 10.0. The zero-order valence-electron chi connectivity index (χ0n) is 28.7. The van der Waals surface area contributed by atoms with Crippen LogP contribution in [0.3, 0.4) is 0 Å². The van der Waals surface area contributed by atoms with Crippen LogP contribution in [0.1, 0.15) is 0 Å². The van der Waals surface area contributed by atoms with Gasteiger partial charge in [-0.1, -0.05) is 103 Å². The van der Waals surface area contributed by atoms with Gasteiger partial charge in [-0.2, -0.15) is 0 Å². The summed E-state index contributed by atoms with van der Waals surface area (Å²) in [4.78, 5) is 13.9. The highest BCUT2D eigenvalue weighted by Gasteiger charge is 2.28. The van der Waals surface area contributed by atoms with Crippen LogP contribution in [0.5, 0.6) is 28.7 Å². The van der Waals surface area contributed by atoms with Gasteiger partial charge < -0.3 is 34.5 Å². The number of hydrogen-bond donors (Lipinski definition) is 5. The Morgan fingerprint density at radius 3 is 1.80 bits per heavy atom. The molecule has 264 valence electrons. The molecule has 10 rings (SSSR count). The third-order valence-corrected chi connectivity index (χ3v) is 10.0. The Hall–Kier alpha value is -7.85. The van der Waals surface area contributed by atoms with E-state index in [4.69, 9.17) is 9.40 Å². The SMILES string of the molecule is Oc1c(O)c(O)c(-c2nc(-c3ccccc3)nc(-c3cccc4c3oc3cccc(-n5c6ccccc6c6cc(-c7ccccc7)ccc65)c34)n2)c(O)c1O. The second-order valence-electron chi connectivity index (χ2n) is 13.2. The van der Waals surface area contributed by atoms with Crippen molar-refractivity contribution in [2.45, 2.75) is 0 Å². The maximum atomic E-state index is 10.9. The molecule has 0 unspecified atom stereocenters. The van der Waals surface area contributed by atoms with Gasteiger partial charge in [0.1, 0.15) is 16.7 Å². The molecule has 5 N–H and O–H groups in total. The molecule has 3 aromatic heterocycles. The summed E-state index contributed by atoms with van der Waals surface area (Å²) in [7, 11) is 0. The van der Waals surface area contributed by atoms with Gasteiger partial charge >= 0.3 is 0 Å². The standard InChI is InChI=1S/C45H28N4O6/c50-37-36(38(51)40(53)41(54)39(37)52)45-47-43(25-13-5-2-6-14-25)46-44(48-45)29-17-9-16-28-35-33(19-10-20-34(35)55-42(28)29)49-31-18-8-7-15-27(31)30-23-26(21-22-32(30)49)24-11-3-1-4-12-24/h1-23,50-54H. The van der Waals surface area contributed by atoms with E-state index in [9.17, 15) is 25.5 Å². The lowest BCUT2D eigenvalue weighted by molar-refractivity contribution is 0.329. The molecule has 0 atom stereocenters. The molecule has 0 aliphatic rings. The predicted octanol–water partition coefficient (Wildman–Crippen LogP) is 10.1. The van der Waals surface area contributed by atoms with Gasteiger partial charge in [0.05, 0.1) is 27.7 Å². The monoisotopic (exact) mass is 720 g/mol. The van der Waals surface area contributed by atoms with E-state index < -0.39 is 34.3 Å². The van der Waals surface area contributed by atoms with Crippen molar-refractivity contribution in [1.82, 2.24) is 19.5 Å². The van der Waals surface area contributed by atoms with E-state index >= 15 is 0 Å². The highest BCUT2D eigenvalue weighted by molar-refractivity contribution is 6.16. The second kappa shape index (κ2) is 12.1. The summed E-state index contributed by atoms with van der Waals surface area (Å²) in [5.74, 6) is -4.96. The average molecular weight is 721 g/mol. The van der Waals surface area contributed by atoms with E-state index in [0.717, 1.165) is 49.4 Å². The third-order valence-electron chi connectivity index (χ3n) is 10.0. The van der Waals surface area contributed by atoms with Crippen LogP contribution in [-0.4, -0.2) is 45.1 Å². The van der Waals surface area contributed by atoms with Crippen LogP contribution in [-0.2, 0) is 0 Å². The summed E-state index contributed by atoms with van der Waals surface area (Å²) in [5, 5.41) is 56.5. The number of benzene rings is 7. The van der Waals surface area contributed by atoms with Crippen LogP contribution in [0.2, 0.25) is 0 Å². The molecule has 10 heteroatoms. The molecule has 0 bridgehead atoms. The molecule has 0 saturated heterocycles. The topological polar surface area (TPSA) is 158 Å². The minimum Gasteiger partial charge on any atom is -0.504 e. The summed E-state index contributed by atoms with van der Waals surface area (Å²) in [6.07, 6.45) is 0. The number of para-hydroxylation sites is 2. The van der Waals surface area contributed by atoms with Gasteiger partial charge in [-0.05, 0) is 47.5 Å². The predicted molar refractivity (Wildman–Crippen MR) is 212 cm³/mol. The van der Waals surface area contributed by atoms with Crippen molar-refractivity contribution >= 4 is 43.7 Å². The first kappa shape index (κ1) is 31.9. The molecule has 0 saturated carbocycles. The maximum Gasteiger partial charge on any atom is 0.208 e. The van der Waals surface area contributed by atoms with Gasteiger partial charge in [0.25, 0.3) is 0 Å². The van der Waals surface area contributed by atoms with Gasteiger partial charge in [-0.25, -0.2) is 15.0 Å². The molecule has 0 amide bonds. The van der Waals surface area contributed by atoms with E-state index in [1.807, 2.05) is 66.7 Å². The van der Waals surface area contributed by atoms with Crippen LogP contribution in [0.25, 0.3) is 94.7 Å². The summed E-state index contributed by atoms with van der Waals surface area (Å²) in [6, 6.07) is 45.8. The van der Waals surface area contributed by atoms with E-state index in [1.165, 1.54) is 0 Å². The molecule has 3 heterocycles. The molecule has 0 aliphatic carbocycles. The molecular weight excluding hydrogens is 693 g/mol. The summed E-state index contributed by atoms with van der Waals surface area (Å²) in [6.45, 7) is 0. The fraction of sp³-hybridized carbons (Fsp3) is 0. The number of aromatic hydroxyl groups is 5. The molecule has 7 aromatic carbocycles. The Labute approximate surface area is 311 Å². The Morgan fingerprint density at radius 1 is 0.436 bits per heavy atom. The summed E-state index contributed by atoms with van der Waals surface area (Å²) < 4.78 is 8.90. The van der Waals surface area contributed by atoms with Gasteiger partial charge in [0.2, 0.25) is 17.2 Å². The normalized spacial score (nSPS) is 11.6. The van der Waals surface area contributed by atoms with Crippen LogP contribution in [0, 0.1) is 0 Å². The first-order chi connectivity index (χ1) is 26.9. The quantitative estimate of drug-likeness (QED) is 0.0862.